The van der Waals surface area contributed by atoms with Gasteiger partial charge in [-0.15, -0.1) is 0 Å². The Labute approximate surface area is 186 Å². The second-order valence-electron chi connectivity index (χ2n) is 10.3. The first kappa shape index (κ1) is 23.5. The fraction of sp³-hybridized carbons (Fsp3) is 0.542. The van der Waals surface area contributed by atoms with Crippen molar-refractivity contribution in [1.29, 1.82) is 0 Å². The molecule has 170 valence electrons. The number of rotatable bonds is 3. The Morgan fingerprint density at radius 2 is 1.45 bits per heavy atom. The summed E-state index contributed by atoms with van der Waals surface area (Å²) in [4.78, 5) is 15.0. The number of nitrogens with zero attached hydrogens (tertiary/aromatic N) is 2. The summed E-state index contributed by atoms with van der Waals surface area (Å²) in [5.41, 5.74) is 1.43. The average molecular weight is 447 g/mol. The fourth-order valence-electron chi connectivity index (χ4n) is 3.64. The zero-order valence-corrected chi connectivity index (χ0v) is 20.5. The second-order valence-corrected chi connectivity index (χ2v) is 12.2. The van der Waals surface area contributed by atoms with Crippen molar-refractivity contribution in [1.82, 2.24) is 9.21 Å². The summed E-state index contributed by atoms with van der Waals surface area (Å²) in [5, 5.41) is 0. The van der Waals surface area contributed by atoms with Crippen LogP contribution in [0.5, 0.6) is 0 Å². The molecule has 1 aromatic heterocycles. The first-order chi connectivity index (χ1) is 14.2. The van der Waals surface area contributed by atoms with Crippen molar-refractivity contribution in [3.05, 3.63) is 53.0 Å². The summed E-state index contributed by atoms with van der Waals surface area (Å²) in [6.07, 6.45) is 0. The molecule has 2 heterocycles. The Morgan fingerprint density at radius 3 is 1.90 bits per heavy atom. The highest BCUT2D eigenvalue weighted by Gasteiger charge is 2.32. The lowest BCUT2D eigenvalue weighted by atomic mass is 9.87. The minimum absolute atomic E-state index is 0.0354. The Kier molecular flexibility index (Phi) is 6.15. The summed E-state index contributed by atoms with van der Waals surface area (Å²) >= 11 is 0. The Bertz CT molecular complexity index is 1050. The topological polar surface area (TPSA) is 70.8 Å². The molecule has 1 amide bonds. The molecular formula is C24H34N2O4S. The fourth-order valence-corrected chi connectivity index (χ4v) is 5.06. The molecule has 0 spiro atoms. The van der Waals surface area contributed by atoms with Crippen LogP contribution in [0.1, 0.15) is 69.0 Å². The SMILES string of the molecule is Cc1oc(C(C)(C)C)cc1C(=O)N1CCN(S(=O)(=O)c2ccc(C(C)(C)C)cc2)CC1. The lowest BCUT2D eigenvalue weighted by Crippen LogP contribution is -2.50. The van der Waals surface area contributed by atoms with Gasteiger partial charge in [0.25, 0.3) is 5.91 Å². The van der Waals surface area contributed by atoms with Crippen LogP contribution in [0, 0.1) is 6.92 Å². The predicted molar refractivity (Wildman–Crippen MR) is 122 cm³/mol. The van der Waals surface area contributed by atoms with E-state index in [1.165, 1.54) is 4.31 Å². The van der Waals surface area contributed by atoms with E-state index in [0.29, 0.717) is 29.3 Å². The van der Waals surface area contributed by atoms with Gasteiger partial charge in [-0.3, -0.25) is 4.79 Å². The molecule has 0 atom stereocenters. The van der Waals surface area contributed by atoms with Crippen LogP contribution in [0.3, 0.4) is 0 Å². The quantitative estimate of drug-likeness (QED) is 0.704. The average Bonchev–Trinajstić information content (AvgIpc) is 3.09. The molecule has 0 saturated carbocycles. The van der Waals surface area contributed by atoms with Crippen molar-refractivity contribution < 1.29 is 17.6 Å². The van der Waals surface area contributed by atoms with E-state index < -0.39 is 10.0 Å². The first-order valence-corrected chi connectivity index (χ1v) is 12.2. The third kappa shape index (κ3) is 4.88. The predicted octanol–water partition coefficient (Wildman–Crippen LogP) is 4.33. The highest BCUT2D eigenvalue weighted by molar-refractivity contribution is 7.89. The smallest absolute Gasteiger partial charge is 0.257 e. The van der Waals surface area contributed by atoms with Gasteiger partial charge < -0.3 is 9.32 Å². The summed E-state index contributed by atoms with van der Waals surface area (Å²) < 4.78 is 33.4. The number of hydrogen-bond acceptors (Lipinski definition) is 4. The van der Waals surface area contributed by atoms with Crippen molar-refractivity contribution >= 4 is 15.9 Å². The molecular weight excluding hydrogens is 412 g/mol. The number of carbonyl (C=O) groups is 1. The second kappa shape index (κ2) is 8.10. The normalized spacial score (nSPS) is 16.5. The van der Waals surface area contributed by atoms with Gasteiger partial charge in [-0.25, -0.2) is 8.42 Å². The van der Waals surface area contributed by atoms with Gasteiger partial charge in [0.2, 0.25) is 10.0 Å². The third-order valence-corrected chi connectivity index (χ3v) is 7.68. The van der Waals surface area contributed by atoms with Crippen molar-refractivity contribution in [2.24, 2.45) is 0 Å². The number of amides is 1. The standard InChI is InChI=1S/C24H34N2O4S/c1-17-20(16-21(30-17)24(5,6)7)22(27)25-12-14-26(15-13-25)31(28,29)19-10-8-18(9-11-19)23(2,3)4/h8-11,16H,12-15H2,1-7H3. The number of furan rings is 1. The molecule has 1 saturated heterocycles. The molecule has 0 unspecified atom stereocenters. The van der Waals surface area contributed by atoms with Crippen LogP contribution in [-0.2, 0) is 20.9 Å². The van der Waals surface area contributed by atoms with Gasteiger partial charge >= 0.3 is 0 Å². The zero-order chi connectivity index (χ0) is 23.2. The monoisotopic (exact) mass is 446 g/mol. The first-order valence-electron chi connectivity index (χ1n) is 10.7. The van der Waals surface area contributed by atoms with Gasteiger partial charge in [0, 0.05) is 31.6 Å². The molecule has 2 aromatic rings. The maximum atomic E-state index is 13.1. The van der Waals surface area contributed by atoms with Crippen LogP contribution in [0.4, 0.5) is 0 Å². The molecule has 3 rings (SSSR count). The highest BCUT2D eigenvalue weighted by Crippen LogP contribution is 2.29. The van der Waals surface area contributed by atoms with E-state index in [2.05, 4.69) is 20.8 Å². The molecule has 6 nitrogen and oxygen atoms in total. The zero-order valence-electron chi connectivity index (χ0n) is 19.7. The summed E-state index contributed by atoms with van der Waals surface area (Å²) in [7, 11) is -3.58. The van der Waals surface area contributed by atoms with Gasteiger partial charge in [-0.2, -0.15) is 4.31 Å². The summed E-state index contributed by atoms with van der Waals surface area (Å²) in [5.74, 6) is 1.26. The number of sulfonamides is 1. The Morgan fingerprint density at radius 1 is 0.903 bits per heavy atom. The van der Waals surface area contributed by atoms with Crippen LogP contribution in [0.2, 0.25) is 0 Å². The Hall–Kier alpha value is -2.12. The molecule has 0 aliphatic carbocycles. The van der Waals surface area contributed by atoms with Crippen molar-refractivity contribution in [3.8, 4) is 0 Å². The van der Waals surface area contributed by atoms with E-state index in [1.54, 1.807) is 24.0 Å². The molecule has 31 heavy (non-hydrogen) atoms. The number of hydrogen-bond donors (Lipinski definition) is 0. The lowest BCUT2D eigenvalue weighted by Gasteiger charge is -2.34. The number of carbonyl (C=O) groups excluding carboxylic acids is 1. The van der Waals surface area contributed by atoms with E-state index >= 15 is 0 Å². The summed E-state index contributed by atoms with van der Waals surface area (Å²) in [6.45, 7) is 15.5. The lowest BCUT2D eigenvalue weighted by molar-refractivity contribution is 0.0696. The van der Waals surface area contributed by atoms with Crippen LogP contribution in [0.25, 0.3) is 0 Å². The van der Waals surface area contributed by atoms with E-state index in [0.717, 1.165) is 11.3 Å². The van der Waals surface area contributed by atoms with Crippen molar-refractivity contribution in [3.63, 3.8) is 0 Å². The van der Waals surface area contributed by atoms with Crippen molar-refractivity contribution in [2.75, 3.05) is 26.2 Å². The number of benzene rings is 1. The maximum Gasteiger partial charge on any atom is 0.257 e. The Balaban J connectivity index is 1.70. The van der Waals surface area contributed by atoms with Gasteiger partial charge in [0.1, 0.15) is 11.5 Å². The molecule has 1 aliphatic rings. The highest BCUT2D eigenvalue weighted by atomic mass is 32.2. The van der Waals surface area contributed by atoms with E-state index in [-0.39, 0.29) is 29.8 Å². The van der Waals surface area contributed by atoms with Gasteiger partial charge in [0.15, 0.2) is 0 Å². The molecule has 0 N–H and O–H groups in total. The third-order valence-electron chi connectivity index (χ3n) is 5.77. The molecule has 1 fully saturated rings. The van der Waals surface area contributed by atoms with Crippen LogP contribution >= 0.6 is 0 Å². The van der Waals surface area contributed by atoms with Crippen molar-refractivity contribution in [2.45, 2.75) is 64.2 Å². The van der Waals surface area contributed by atoms with E-state index in [9.17, 15) is 13.2 Å². The number of aryl methyl sites for hydroxylation is 1. The molecule has 0 bridgehead atoms. The molecule has 7 heteroatoms. The van der Waals surface area contributed by atoms with Gasteiger partial charge in [0.05, 0.1) is 10.5 Å². The minimum atomic E-state index is -3.58. The van der Waals surface area contributed by atoms with Gasteiger partial charge in [-0.05, 0) is 36.1 Å². The van der Waals surface area contributed by atoms with Crippen LogP contribution in [0.15, 0.2) is 39.6 Å². The van der Waals surface area contributed by atoms with Crippen LogP contribution < -0.4 is 0 Å². The maximum absolute atomic E-state index is 13.1. The molecule has 1 aromatic carbocycles. The summed E-state index contributed by atoms with van der Waals surface area (Å²) in [6, 6.07) is 8.92. The molecule has 1 aliphatic heterocycles. The molecule has 0 radical (unpaired) electrons. The van der Waals surface area contributed by atoms with Crippen LogP contribution in [-0.4, -0.2) is 49.7 Å². The largest absolute Gasteiger partial charge is 0.465 e. The van der Waals surface area contributed by atoms with E-state index in [4.69, 9.17) is 4.42 Å². The minimum Gasteiger partial charge on any atom is -0.465 e. The number of piperazine rings is 1. The van der Waals surface area contributed by atoms with Gasteiger partial charge in [-0.1, -0.05) is 53.7 Å². The van der Waals surface area contributed by atoms with E-state index in [1.807, 2.05) is 39.0 Å².